The summed E-state index contributed by atoms with van der Waals surface area (Å²) in [6.45, 7) is 1.58. The molecule has 3 heterocycles. The van der Waals surface area contributed by atoms with Crippen LogP contribution in [0.25, 0.3) is 11.2 Å². The van der Waals surface area contributed by atoms with E-state index in [4.69, 9.17) is 25.4 Å². The Morgan fingerprint density at radius 3 is 2.38 bits per heavy atom. The molecule has 0 unspecified atom stereocenters. The first-order valence-corrected chi connectivity index (χ1v) is 14.6. The Labute approximate surface area is 229 Å². The minimum absolute atomic E-state index is 0.193. The third-order valence-corrected chi connectivity index (χ3v) is 8.54. The lowest BCUT2D eigenvalue weighted by molar-refractivity contribution is 0.0881. The summed E-state index contributed by atoms with van der Waals surface area (Å²) in [6, 6.07) is 11.1. The molecule has 3 aromatic rings. The van der Waals surface area contributed by atoms with Crippen molar-refractivity contribution < 1.29 is 9.53 Å². The molecule has 0 atom stereocenters. The number of imidazole rings is 1. The van der Waals surface area contributed by atoms with Crippen LogP contribution < -0.4 is 16.4 Å². The number of ether oxygens (including phenoxy) is 1. The topological polar surface area (TPSA) is 123 Å². The largest absolute Gasteiger partial charge is 0.445 e. The van der Waals surface area contributed by atoms with E-state index in [1.54, 1.807) is 4.90 Å². The average Bonchev–Trinajstić information content (AvgIpc) is 3.64. The van der Waals surface area contributed by atoms with Crippen molar-refractivity contribution in [3.63, 3.8) is 0 Å². The van der Waals surface area contributed by atoms with Gasteiger partial charge in [-0.05, 0) is 56.9 Å². The van der Waals surface area contributed by atoms with Gasteiger partial charge in [0.15, 0.2) is 17.0 Å². The smallest absolute Gasteiger partial charge is 0.410 e. The summed E-state index contributed by atoms with van der Waals surface area (Å²) < 4.78 is 7.79. The molecule has 1 amide bonds. The number of carbonyl (C=O) groups excluding carboxylic acids is 1. The van der Waals surface area contributed by atoms with Gasteiger partial charge in [-0.3, -0.25) is 0 Å². The van der Waals surface area contributed by atoms with Gasteiger partial charge in [-0.1, -0.05) is 43.2 Å². The summed E-state index contributed by atoms with van der Waals surface area (Å²) in [7, 11) is 0. The maximum absolute atomic E-state index is 12.6. The maximum atomic E-state index is 12.6. The van der Waals surface area contributed by atoms with Gasteiger partial charge in [-0.25, -0.2) is 9.78 Å². The van der Waals surface area contributed by atoms with Crippen LogP contribution in [0.1, 0.15) is 75.8 Å². The van der Waals surface area contributed by atoms with Crippen LogP contribution in [-0.4, -0.2) is 61.7 Å². The van der Waals surface area contributed by atoms with Gasteiger partial charge >= 0.3 is 6.09 Å². The Hall–Kier alpha value is -3.40. The third-order valence-electron chi connectivity index (χ3n) is 8.54. The lowest BCUT2D eigenvalue weighted by atomic mass is 9.92. The van der Waals surface area contributed by atoms with Crippen LogP contribution in [0, 0.1) is 0 Å². The third kappa shape index (κ3) is 6.11. The molecule has 0 spiro atoms. The molecular formula is C29H40N8O2. The molecule has 10 heteroatoms. The Morgan fingerprint density at radius 1 is 0.923 bits per heavy atom. The molecule has 1 aromatic carbocycles. The Kier molecular flexibility index (Phi) is 7.81. The molecule has 1 aliphatic heterocycles. The molecule has 208 valence electrons. The number of anilines is 2. The SMILES string of the molecule is NC1CCC(Nc2nc(NC3CCN(C(=O)OCc4ccccc4)CC3)c3ncn(C4CCCC4)c3n2)CC1. The van der Waals surface area contributed by atoms with Crippen LogP contribution in [0.2, 0.25) is 0 Å². The predicted octanol–water partition coefficient (Wildman–Crippen LogP) is 4.84. The van der Waals surface area contributed by atoms with E-state index in [2.05, 4.69) is 15.2 Å². The van der Waals surface area contributed by atoms with Crippen molar-refractivity contribution in [2.75, 3.05) is 23.7 Å². The molecule has 0 radical (unpaired) electrons. The van der Waals surface area contributed by atoms with Crippen molar-refractivity contribution in [1.29, 1.82) is 0 Å². The van der Waals surface area contributed by atoms with E-state index in [9.17, 15) is 4.79 Å². The standard InChI is InChI=1S/C29H40N8O2/c30-21-10-12-22(13-11-21)33-28-34-26(25-27(35-28)37(19-31-25)24-8-4-5-9-24)32-23-14-16-36(17-15-23)29(38)39-18-20-6-2-1-3-7-20/h1-3,6-7,19,21-24H,4-5,8-18,30H2,(H2,32,33,34,35). The van der Waals surface area contributed by atoms with E-state index in [1.807, 2.05) is 36.7 Å². The van der Waals surface area contributed by atoms with Crippen LogP contribution in [0.5, 0.6) is 0 Å². The molecule has 3 fully saturated rings. The number of nitrogens with two attached hydrogens (primary N) is 1. The van der Waals surface area contributed by atoms with Gasteiger partial charge in [0.2, 0.25) is 5.95 Å². The molecule has 2 aromatic heterocycles. The van der Waals surface area contributed by atoms with Gasteiger partial charge in [0, 0.05) is 37.3 Å². The highest BCUT2D eigenvalue weighted by Crippen LogP contribution is 2.34. The molecule has 3 aliphatic rings. The fourth-order valence-electron chi connectivity index (χ4n) is 6.19. The van der Waals surface area contributed by atoms with Gasteiger partial charge < -0.3 is 30.6 Å². The number of benzene rings is 1. The number of rotatable bonds is 7. The minimum atomic E-state index is -0.254. The number of piperidine rings is 1. The molecule has 0 bridgehead atoms. The lowest BCUT2D eigenvalue weighted by Crippen LogP contribution is -2.42. The van der Waals surface area contributed by atoms with Crippen molar-refractivity contribution in [2.24, 2.45) is 5.73 Å². The zero-order chi connectivity index (χ0) is 26.6. The van der Waals surface area contributed by atoms with Crippen molar-refractivity contribution >= 4 is 29.0 Å². The van der Waals surface area contributed by atoms with Crippen LogP contribution >= 0.6 is 0 Å². The summed E-state index contributed by atoms with van der Waals surface area (Å²) in [5.41, 5.74) is 8.84. The summed E-state index contributed by atoms with van der Waals surface area (Å²) in [5.74, 6) is 1.43. The highest BCUT2D eigenvalue weighted by molar-refractivity contribution is 5.84. The summed E-state index contributed by atoms with van der Waals surface area (Å²) in [6.07, 6.45) is 12.3. The van der Waals surface area contributed by atoms with Gasteiger partial charge in [-0.2, -0.15) is 9.97 Å². The number of hydrogen-bond donors (Lipinski definition) is 3. The van der Waals surface area contributed by atoms with E-state index >= 15 is 0 Å². The molecule has 1 saturated heterocycles. The zero-order valence-corrected chi connectivity index (χ0v) is 22.6. The van der Waals surface area contributed by atoms with E-state index in [0.717, 1.165) is 61.1 Å². The van der Waals surface area contributed by atoms with E-state index in [-0.39, 0.29) is 12.1 Å². The number of hydrogen-bond acceptors (Lipinski definition) is 8. The zero-order valence-electron chi connectivity index (χ0n) is 22.6. The average molecular weight is 533 g/mol. The number of likely N-dealkylation sites (tertiary alicyclic amines) is 1. The molecule has 2 aliphatic carbocycles. The Bertz CT molecular complexity index is 1240. The molecular weight excluding hydrogens is 492 g/mol. The summed E-state index contributed by atoms with van der Waals surface area (Å²) >= 11 is 0. The minimum Gasteiger partial charge on any atom is -0.445 e. The highest BCUT2D eigenvalue weighted by Gasteiger charge is 2.27. The van der Waals surface area contributed by atoms with Crippen molar-refractivity contribution in [3.8, 4) is 0 Å². The van der Waals surface area contributed by atoms with Gasteiger partial charge in [0.25, 0.3) is 0 Å². The number of nitrogens with one attached hydrogen (secondary N) is 2. The number of nitrogens with zero attached hydrogens (tertiary/aromatic N) is 5. The van der Waals surface area contributed by atoms with Crippen LogP contribution in [0.4, 0.5) is 16.6 Å². The van der Waals surface area contributed by atoms with Crippen molar-refractivity contribution in [1.82, 2.24) is 24.4 Å². The van der Waals surface area contributed by atoms with Crippen molar-refractivity contribution in [2.45, 2.75) is 95.0 Å². The second-order valence-corrected chi connectivity index (χ2v) is 11.4. The second-order valence-electron chi connectivity index (χ2n) is 11.4. The first-order valence-electron chi connectivity index (χ1n) is 14.6. The number of amides is 1. The van der Waals surface area contributed by atoms with Crippen LogP contribution in [-0.2, 0) is 11.3 Å². The summed E-state index contributed by atoms with van der Waals surface area (Å²) in [5, 5.41) is 7.26. The molecule has 10 nitrogen and oxygen atoms in total. The van der Waals surface area contributed by atoms with E-state index in [1.165, 1.54) is 25.7 Å². The normalized spacial score (nSPS) is 22.7. The van der Waals surface area contributed by atoms with E-state index in [0.29, 0.717) is 43.8 Å². The quantitative estimate of drug-likeness (QED) is 0.395. The van der Waals surface area contributed by atoms with Crippen LogP contribution in [0.15, 0.2) is 36.7 Å². The van der Waals surface area contributed by atoms with Crippen LogP contribution in [0.3, 0.4) is 0 Å². The predicted molar refractivity (Wildman–Crippen MR) is 152 cm³/mol. The fourth-order valence-corrected chi connectivity index (χ4v) is 6.19. The number of carbonyl (C=O) groups is 1. The van der Waals surface area contributed by atoms with Gasteiger partial charge in [-0.15, -0.1) is 0 Å². The van der Waals surface area contributed by atoms with Gasteiger partial charge in [0.1, 0.15) is 6.61 Å². The highest BCUT2D eigenvalue weighted by atomic mass is 16.6. The number of aromatic nitrogens is 4. The van der Waals surface area contributed by atoms with E-state index < -0.39 is 0 Å². The number of fused-ring (bicyclic) bond motifs is 1. The first kappa shape index (κ1) is 25.9. The maximum Gasteiger partial charge on any atom is 0.410 e. The Morgan fingerprint density at radius 2 is 1.64 bits per heavy atom. The fraction of sp³-hybridized carbons (Fsp3) is 0.586. The second kappa shape index (κ2) is 11.8. The Balaban J connectivity index is 1.13. The lowest BCUT2D eigenvalue weighted by Gasteiger charge is -2.32. The van der Waals surface area contributed by atoms with Crippen molar-refractivity contribution in [3.05, 3.63) is 42.2 Å². The molecule has 6 rings (SSSR count). The summed E-state index contributed by atoms with van der Waals surface area (Å²) in [4.78, 5) is 29.1. The van der Waals surface area contributed by atoms with Gasteiger partial charge in [0.05, 0.1) is 6.33 Å². The molecule has 4 N–H and O–H groups in total. The molecule has 39 heavy (non-hydrogen) atoms. The monoisotopic (exact) mass is 532 g/mol. The first-order chi connectivity index (χ1) is 19.1. The molecule has 2 saturated carbocycles.